The van der Waals surface area contributed by atoms with Crippen LogP contribution in [-0.4, -0.2) is 64.7 Å². The molecule has 1 aromatic rings. The summed E-state index contributed by atoms with van der Waals surface area (Å²) >= 11 is 0. The van der Waals surface area contributed by atoms with Crippen molar-refractivity contribution in [3.05, 3.63) is 23.8 Å². The maximum absolute atomic E-state index is 12.6. The number of rotatable bonds is 12. The molecule has 13 heteroatoms. The van der Waals surface area contributed by atoms with E-state index in [0.717, 1.165) is 5.06 Å². The smallest absolute Gasteiger partial charge is 0.421 e. The highest BCUT2D eigenvalue weighted by atomic mass is 32.3. The molecular formula is C23H32N2O10S. The molecule has 2 amide bonds. The van der Waals surface area contributed by atoms with Crippen LogP contribution in [0.2, 0.25) is 0 Å². The molecule has 0 radical (unpaired) electrons. The Kier molecular flexibility index (Phi) is 8.47. The molecule has 0 aromatic heterocycles. The minimum absolute atomic E-state index is 0.0276. The second kappa shape index (κ2) is 11.0. The Morgan fingerprint density at radius 3 is 2.36 bits per heavy atom. The van der Waals surface area contributed by atoms with E-state index in [2.05, 4.69) is 0 Å². The van der Waals surface area contributed by atoms with E-state index in [1.54, 1.807) is 32.0 Å². The number of esters is 1. The van der Waals surface area contributed by atoms with Gasteiger partial charge in [0.1, 0.15) is 17.1 Å². The summed E-state index contributed by atoms with van der Waals surface area (Å²) in [4.78, 5) is 36.8. The topological polar surface area (TPSA) is 161 Å². The number of hydrogen-bond acceptors (Lipinski definition) is 10. The maximum atomic E-state index is 12.6. The van der Waals surface area contributed by atoms with Crippen LogP contribution in [0.15, 0.2) is 18.2 Å². The molecule has 2 bridgehead atoms. The molecule has 0 spiro atoms. The average Bonchev–Trinajstić information content (AvgIpc) is 3.06. The first kappa shape index (κ1) is 27.7. The van der Waals surface area contributed by atoms with Crippen LogP contribution >= 0.6 is 0 Å². The van der Waals surface area contributed by atoms with Gasteiger partial charge < -0.3 is 19.9 Å². The molecule has 2 N–H and O–H groups in total. The number of hydroxylamine groups is 2. The largest absolute Gasteiger partial charge is 0.496 e. The SMILES string of the molecule is COc1cccc(OC)c1C(=O)OCCC(C)(C)COS(=O)(=O)ON1C(=O)C2C[C@H]1CC[C@H]2C(N)=O. The molecule has 1 unspecified atom stereocenters. The summed E-state index contributed by atoms with van der Waals surface area (Å²) in [6, 6.07) is 4.43. The quantitative estimate of drug-likeness (QED) is 0.394. The standard InChI is InChI=1S/C23H32N2O10S/c1-23(2,10-11-33-22(28)19-17(31-3)6-5-7-18(19)32-4)13-34-36(29,30)35-25-14-8-9-15(20(24)26)16(12-14)21(25)27/h5-7,14-16H,8-13H2,1-4H3,(H2,24,26)/t14-,15-,16?/m1/s1. The predicted octanol–water partition coefficient (Wildman–Crippen LogP) is 1.58. The van der Waals surface area contributed by atoms with Crippen LogP contribution in [0.4, 0.5) is 0 Å². The number of hydrogen-bond donors (Lipinski definition) is 1. The van der Waals surface area contributed by atoms with Gasteiger partial charge in [-0.15, -0.1) is 4.28 Å². The third-order valence-electron chi connectivity index (χ3n) is 6.46. The molecule has 200 valence electrons. The lowest BCUT2D eigenvalue weighted by Gasteiger charge is -2.26. The minimum atomic E-state index is -4.56. The first-order chi connectivity index (χ1) is 16.9. The lowest BCUT2D eigenvalue weighted by Crippen LogP contribution is -2.37. The molecule has 1 aromatic carbocycles. The Balaban J connectivity index is 1.52. The first-order valence-corrected chi connectivity index (χ1v) is 12.8. The highest BCUT2D eigenvalue weighted by molar-refractivity contribution is 7.81. The fourth-order valence-corrected chi connectivity index (χ4v) is 5.28. The summed E-state index contributed by atoms with van der Waals surface area (Å²) < 4.78 is 50.7. The molecule has 1 aliphatic carbocycles. The summed E-state index contributed by atoms with van der Waals surface area (Å²) in [5.41, 5.74) is 4.78. The Morgan fingerprint density at radius 2 is 1.78 bits per heavy atom. The average molecular weight is 529 g/mol. The lowest BCUT2D eigenvalue weighted by atomic mass is 9.80. The number of nitrogens with two attached hydrogens (primary N) is 1. The van der Waals surface area contributed by atoms with Gasteiger partial charge in [-0.25, -0.2) is 8.98 Å². The van der Waals surface area contributed by atoms with Crippen LogP contribution in [0.25, 0.3) is 0 Å². The van der Waals surface area contributed by atoms with Gasteiger partial charge in [0.05, 0.1) is 39.4 Å². The molecule has 2 aliphatic rings. The maximum Gasteiger partial charge on any atom is 0.421 e. The van der Waals surface area contributed by atoms with E-state index in [4.69, 9.17) is 28.4 Å². The molecule has 1 aliphatic heterocycles. The van der Waals surface area contributed by atoms with Crippen molar-refractivity contribution >= 4 is 28.2 Å². The second-order valence-corrected chi connectivity index (χ2v) is 10.8. The third-order valence-corrected chi connectivity index (χ3v) is 7.21. The molecule has 3 rings (SSSR count). The zero-order valence-electron chi connectivity index (χ0n) is 20.7. The third kappa shape index (κ3) is 6.26. The number of ether oxygens (including phenoxy) is 3. The first-order valence-electron chi connectivity index (χ1n) is 11.5. The summed E-state index contributed by atoms with van der Waals surface area (Å²) in [6.45, 7) is 3.14. The van der Waals surface area contributed by atoms with Gasteiger partial charge >= 0.3 is 16.4 Å². The van der Waals surface area contributed by atoms with E-state index < -0.39 is 51.5 Å². The molecule has 3 atom stereocenters. The fraction of sp³-hybridized carbons (Fsp3) is 0.609. The van der Waals surface area contributed by atoms with E-state index >= 15 is 0 Å². The van der Waals surface area contributed by atoms with Crippen LogP contribution in [-0.2, 0) is 33.2 Å². The van der Waals surface area contributed by atoms with E-state index in [9.17, 15) is 22.8 Å². The molecule has 2 fully saturated rings. The number of methoxy groups -OCH3 is 2. The van der Waals surface area contributed by atoms with Crippen molar-refractivity contribution < 1.29 is 45.5 Å². The monoisotopic (exact) mass is 528 g/mol. The van der Waals surface area contributed by atoms with Crippen LogP contribution in [0.1, 0.15) is 49.9 Å². The molecule has 1 heterocycles. The Labute approximate surface area is 210 Å². The Morgan fingerprint density at radius 1 is 1.14 bits per heavy atom. The van der Waals surface area contributed by atoms with Crippen molar-refractivity contribution in [2.24, 2.45) is 23.0 Å². The van der Waals surface area contributed by atoms with Crippen LogP contribution in [0, 0.1) is 17.3 Å². The van der Waals surface area contributed by atoms with Crippen molar-refractivity contribution in [2.75, 3.05) is 27.4 Å². The number of primary amides is 1. The van der Waals surface area contributed by atoms with Gasteiger partial charge in [0.2, 0.25) is 5.91 Å². The predicted molar refractivity (Wildman–Crippen MR) is 125 cm³/mol. The zero-order valence-corrected chi connectivity index (χ0v) is 21.5. The van der Waals surface area contributed by atoms with Gasteiger partial charge in [-0.1, -0.05) is 19.9 Å². The van der Waals surface area contributed by atoms with E-state index in [1.807, 2.05) is 0 Å². The van der Waals surface area contributed by atoms with Gasteiger partial charge in [0.15, 0.2) is 0 Å². The van der Waals surface area contributed by atoms with Gasteiger partial charge in [-0.2, -0.15) is 13.5 Å². The van der Waals surface area contributed by atoms with Crippen LogP contribution in [0.5, 0.6) is 11.5 Å². The number of nitrogens with zero attached hydrogens (tertiary/aromatic N) is 1. The number of benzene rings is 1. The molecule has 12 nitrogen and oxygen atoms in total. The number of amides is 2. The van der Waals surface area contributed by atoms with Crippen molar-refractivity contribution in [1.82, 2.24) is 5.06 Å². The Hall–Kier alpha value is -2.90. The number of carbonyl (C=O) groups is 3. The van der Waals surface area contributed by atoms with E-state index in [1.165, 1.54) is 14.2 Å². The highest BCUT2D eigenvalue weighted by Gasteiger charge is 2.51. The van der Waals surface area contributed by atoms with E-state index in [0.29, 0.717) is 30.8 Å². The number of fused-ring (bicyclic) bond motifs is 2. The summed E-state index contributed by atoms with van der Waals surface area (Å²) in [7, 11) is -1.71. The van der Waals surface area contributed by atoms with Gasteiger partial charge in [-0.3, -0.25) is 9.59 Å². The van der Waals surface area contributed by atoms with Crippen molar-refractivity contribution in [3.8, 4) is 11.5 Å². The second-order valence-electron chi connectivity index (χ2n) is 9.58. The Bertz CT molecular complexity index is 1080. The normalized spacial score (nSPS) is 21.8. The summed E-state index contributed by atoms with van der Waals surface area (Å²) in [5, 5.41) is 0.790. The molecule has 1 saturated carbocycles. The van der Waals surface area contributed by atoms with Gasteiger partial charge in [0, 0.05) is 5.92 Å². The molecule has 1 saturated heterocycles. The highest BCUT2D eigenvalue weighted by Crippen LogP contribution is 2.41. The van der Waals surface area contributed by atoms with E-state index in [-0.39, 0.29) is 25.2 Å². The van der Waals surface area contributed by atoms with Crippen molar-refractivity contribution in [2.45, 2.75) is 45.6 Å². The van der Waals surface area contributed by atoms with Crippen LogP contribution in [0.3, 0.4) is 0 Å². The fourth-order valence-electron chi connectivity index (χ4n) is 4.38. The molecular weight excluding hydrogens is 496 g/mol. The summed E-state index contributed by atoms with van der Waals surface area (Å²) in [6.07, 6.45) is 1.36. The van der Waals surface area contributed by atoms with Crippen molar-refractivity contribution in [3.63, 3.8) is 0 Å². The van der Waals surface area contributed by atoms with Crippen molar-refractivity contribution in [1.29, 1.82) is 0 Å². The molecule has 36 heavy (non-hydrogen) atoms. The number of carbonyl (C=O) groups excluding carboxylic acids is 3. The lowest BCUT2D eigenvalue weighted by molar-refractivity contribution is -0.159. The summed E-state index contributed by atoms with van der Waals surface area (Å²) in [5.74, 6) is -2.55. The zero-order chi connectivity index (χ0) is 26.7. The minimum Gasteiger partial charge on any atom is -0.496 e. The van der Waals surface area contributed by atoms with Gasteiger partial charge in [0.25, 0.3) is 5.91 Å². The van der Waals surface area contributed by atoms with Crippen LogP contribution < -0.4 is 15.2 Å². The van der Waals surface area contributed by atoms with Gasteiger partial charge in [-0.05, 0) is 43.2 Å².